The molecular weight excluding hydrogens is 398 g/mol. The third-order valence-electron chi connectivity index (χ3n) is 4.86. The van der Waals surface area contributed by atoms with Gasteiger partial charge in [0.2, 0.25) is 0 Å². The summed E-state index contributed by atoms with van der Waals surface area (Å²) in [6.07, 6.45) is 1.02. The van der Waals surface area contributed by atoms with Crippen LogP contribution in [0.25, 0.3) is 21.6 Å². The quantitative estimate of drug-likeness (QED) is 0.431. The third kappa shape index (κ3) is 3.76. The second-order valence-electron chi connectivity index (χ2n) is 6.80. The van der Waals surface area contributed by atoms with Crippen LogP contribution in [0.1, 0.15) is 23.8 Å². The van der Waals surface area contributed by atoms with Gasteiger partial charge >= 0.3 is 0 Å². The van der Waals surface area contributed by atoms with Crippen LogP contribution in [0.2, 0.25) is 0 Å². The van der Waals surface area contributed by atoms with Gasteiger partial charge in [-0.15, -0.1) is 11.3 Å². The molecule has 30 heavy (non-hydrogen) atoms. The van der Waals surface area contributed by atoms with Gasteiger partial charge in [-0.05, 0) is 30.7 Å². The van der Waals surface area contributed by atoms with Crippen molar-refractivity contribution in [1.82, 2.24) is 9.55 Å². The molecule has 2 heterocycles. The minimum absolute atomic E-state index is 0.261. The first-order chi connectivity index (χ1) is 14.6. The van der Waals surface area contributed by atoms with E-state index in [0.29, 0.717) is 22.9 Å². The van der Waals surface area contributed by atoms with E-state index in [9.17, 15) is 4.79 Å². The number of amides is 1. The van der Waals surface area contributed by atoms with Crippen molar-refractivity contribution in [1.29, 1.82) is 0 Å². The zero-order chi connectivity index (χ0) is 21.1. The highest BCUT2D eigenvalue weighted by atomic mass is 32.1. The summed E-state index contributed by atoms with van der Waals surface area (Å²) in [4.78, 5) is 17.4. The summed E-state index contributed by atoms with van der Waals surface area (Å²) in [7, 11) is 3.14. The second kappa shape index (κ2) is 8.59. The molecule has 0 spiro atoms. The van der Waals surface area contributed by atoms with Crippen molar-refractivity contribution in [2.24, 2.45) is 0 Å². The number of benzene rings is 2. The lowest BCUT2D eigenvalue weighted by Crippen LogP contribution is -2.12. The molecule has 0 fully saturated rings. The highest BCUT2D eigenvalue weighted by Gasteiger charge is 2.17. The number of aromatic nitrogens is 2. The molecule has 1 amide bonds. The summed E-state index contributed by atoms with van der Waals surface area (Å²) in [6, 6.07) is 15.7. The zero-order valence-corrected chi connectivity index (χ0v) is 18.0. The number of methoxy groups -OCH3 is 2. The van der Waals surface area contributed by atoms with Crippen molar-refractivity contribution in [2.75, 3.05) is 19.5 Å². The first-order valence-electron chi connectivity index (χ1n) is 9.72. The number of thiazole rings is 1. The molecule has 0 radical (unpaired) electrons. The van der Waals surface area contributed by atoms with E-state index in [4.69, 9.17) is 9.47 Å². The van der Waals surface area contributed by atoms with Crippen molar-refractivity contribution >= 4 is 33.8 Å². The molecule has 0 atom stereocenters. The Balaban J connectivity index is 1.61. The Morgan fingerprint density at radius 2 is 1.90 bits per heavy atom. The van der Waals surface area contributed by atoms with E-state index in [1.165, 1.54) is 22.2 Å². The van der Waals surface area contributed by atoms with Crippen molar-refractivity contribution in [3.8, 4) is 22.2 Å². The standard InChI is InChI=1S/C23H23N3O3S/c1-4-11-26-18-8-6-5-7-15(18)12-19(26)23-25-17(14-30-23)22(27)24-16-9-10-20(28-2)21(13-16)29-3/h5-10,12-14H,4,11H2,1-3H3,(H,24,27). The van der Waals surface area contributed by atoms with Gasteiger partial charge in [-0.25, -0.2) is 4.98 Å². The van der Waals surface area contributed by atoms with Crippen LogP contribution >= 0.6 is 11.3 Å². The number of carbonyl (C=O) groups is 1. The fourth-order valence-corrected chi connectivity index (χ4v) is 4.28. The number of rotatable bonds is 7. The molecule has 7 heteroatoms. The first-order valence-corrected chi connectivity index (χ1v) is 10.6. The summed E-state index contributed by atoms with van der Waals surface area (Å²) in [5, 5.41) is 6.67. The largest absolute Gasteiger partial charge is 0.493 e. The van der Waals surface area contributed by atoms with Crippen LogP contribution in [0.3, 0.4) is 0 Å². The molecule has 0 unspecified atom stereocenters. The van der Waals surface area contributed by atoms with E-state index in [2.05, 4.69) is 40.0 Å². The molecule has 6 nitrogen and oxygen atoms in total. The number of carbonyl (C=O) groups excluding carboxylic acids is 1. The molecule has 154 valence electrons. The number of anilines is 1. The van der Waals surface area contributed by atoms with Crippen LogP contribution in [-0.4, -0.2) is 29.7 Å². The van der Waals surface area contributed by atoms with Crippen LogP contribution < -0.4 is 14.8 Å². The van der Waals surface area contributed by atoms with Crippen LogP contribution in [0.5, 0.6) is 11.5 Å². The monoisotopic (exact) mass is 421 g/mol. The number of ether oxygens (including phenoxy) is 2. The fourth-order valence-electron chi connectivity index (χ4n) is 3.46. The third-order valence-corrected chi connectivity index (χ3v) is 5.72. The summed E-state index contributed by atoms with van der Waals surface area (Å²) in [5.41, 5.74) is 3.22. The van der Waals surface area contributed by atoms with E-state index in [1.54, 1.807) is 37.8 Å². The van der Waals surface area contributed by atoms with Crippen LogP contribution in [0.15, 0.2) is 53.9 Å². The maximum Gasteiger partial charge on any atom is 0.275 e. The number of aryl methyl sites for hydroxylation is 1. The number of hydrogen-bond donors (Lipinski definition) is 1. The molecule has 0 aliphatic heterocycles. The van der Waals surface area contributed by atoms with Crippen molar-refractivity contribution in [3.05, 3.63) is 59.6 Å². The smallest absolute Gasteiger partial charge is 0.275 e. The molecule has 2 aromatic heterocycles. The Hall–Kier alpha value is -3.32. The number of para-hydroxylation sites is 1. The molecule has 0 aliphatic rings. The van der Waals surface area contributed by atoms with Gasteiger partial charge in [0, 0.05) is 34.6 Å². The maximum absolute atomic E-state index is 12.7. The Morgan fingerprint density at radius 3 is 2.67 bits per heavy atom. The zero-order valence-electron chi connectivity index (χ0n) is 17.1. The molecule has 0 bridgehead atoms. The minimum Gasteiger partial charge on any atom is -0.493 e. The highest BCUT2D eigenvalue weighted by molar-refractivity contribution is 7.13. The van der Waals surface area contributed by atoms with E-state index >= 15 is 0 Å². The highest BCUT2D eigenvalue weighted by Crippen LogP contribution is 2.32. The summed E-state index contributed by atoms with van der Waals surface area (Å²) in [6.45, 7) is 3.05. The lowest BCUT2D eigenvalue weighted by Gasteiger charge is -2.10. The second-order valence-corrected chi connectivity index (χ2v) is 7.66. The van der Waals surface area contributed by atoms with Gasteiger partial charge in [-0.2, -0.15) is 0 Å². The number of nitrogens with zero attached hydrogens (tertiary/aromatic N) is 2. The molecule has 2 aromatic carbocycles. The Labute approximate surface area is 179 Å². The molecular formula is C23H23N3O3S. The van der Waals surface area contributed by atoms with Crippen LogP contribution in [0, 0.1) is 0 Å². The normalized spacial score (nSPS) is 10.9. The molecule has 0 aliphatic carbocycles. The molecule has 0 saturated carbocycles. The average Bonchev–Trinajstić information content (AvgIpc) is 3.39. The van der Waals surface area contributed by atoms with Gasteiger partial charge < -0.3 is 19.4 Å². The molecule has 1 N–H and O–H groups in total. The number of nitrogens with one attached hydrogen (secondary N) is 1. The Morgan fingerprint density at radius 1 is 1.10 bits per heavy atom. The minimum atomic E-state index is -0.261. The van der Waals surface area contributed by atoms with Gasteiger partial charge in [-0.1, -0.05) is 25.1 Å². The Kier molecular flexibility index (Phi) is 5.72. The van der Waals surface area contributed by atoms with Gasteiger partial charge in [-0.3, -0.25) is 4.79 Å². The lowest BCUT2D eigenvalue weighted by atomic mass is 10.2. The number of fused-ring (bicyclic) bond motifs is 1. The molecule has 4 aromatic rings. The summed E-state index contributed by atoms with van der Waals surface area (Å²) < 4.78 is 12.8. The van der Waals surface area contributed by atoms with Gasteiger partial charge in [0.05, 0.1) is 19.9 Å². The van der Waals surface area contributed by atoms with Gasteiger partial charge in [0.15, 0.2) is 11.5 Å². The van der Waals surface area contributed by atoms with Crippen LogP contribution in [0.4, 0.5) is 5.69 Å². The first kappa shape index (κ1) is 20.0. The van der Waals surface area contributed by atoms with Crippen molar-refractivity contribution in [3.63, 3.8) is 0 Å². The molecule has 4 rings (SSSR count). The van der Waals surface area contributed by atoms with E-state index in [-0.39, 0.29) is 5.91 Å². The van der Waals surface area contributed by atoms with Crippen molar-refractivity contribution < 1.29 is 14.3 Å². The topological polar surface area (TPSA) is 65.4 Å². The van der Waals surface area contributed by atoms with E-state index < -0.39 is 0 Å². The molecule has 0 saturated heterocycles. The lowest BCUT2D eigenvalue weighted by molar-refractivity contribution is 0.102. The van der Waals surface area contributed by atoms with E-state index in [1.807, 2.05) is 12.1 Å². The number of hydrogen-bond acceptors (Lipinski definition) is 5. The SMILES string of the molecule is CCCn1c(-c2nc(C(=O)Nc3ccc(OC)c(OC)c3)cs2)cc2ccccc21. The van der Waals surface area contributed by atoms with Crippen LogP contribution in [-0.2, 0) is 6.54 Å². The van der Waals surface area contributed by atoms with Gasteiger partial charge in [0.25, 0.3) is 5.91 Å². The average molecular weight is 422 g/mol. The summed E-state index contributed by atoms with van der Waals surface area (Å²) >= 11 is 1.47. The predicted octanol–water partition coefficient (Wildman–Crippen LogP) is 5.44. The predicted molar refractivity (Wildman–Crippen MR) is 121 cm³/mol. The Bertz CT molecular complexity index is 1200. The van der Waals surface area contributed by atoms with Crippen molar-refractivity contribution in [2.45, 2.75) is 19.9 Å². The maximum atomic E-state index is 12.7. The van der Waals surface area contributed by atoms with E-state index in [0.717, 1.165) is 23.7 Å². The fraction of sp³-hybridized carbons (Fsp3) is 0.217. The van der Waals surface area contributed by atoms with Gasteiger partial charge in [0.1, 0.15) is 10.7 Å². The summed E-state index contributed by atoms with van der Waals surface area (Å²) in [5.74, 6) is 0.899.